The molecule has 7 heterocycles. The van der Waals surface area contributed by atoms with Crippen LogP contribution in [0.1, 0.15) is 116 Å². The number of hydrogen-bond acceptors (Lipinski definition) is 15. The molecule has 6 aliphatic rings. The number of β-amino-alcohol motifs (C(OH)–C–C–N with tert-alkyl or cyclic N) is 1. The number of aliphatic hydroxyl groups excluding tert-OH is 1. The molecule has 1 spiro atoms. The molecule has 1 aliphatic carbocycles. The van der Waals surface area contributed by atoms with E-state index in [0.717, 1.165) is 91.7 Å². The number of piperazine rings is 1. The number of aryl methyl sites for hydroxylation is 1. The third kappa shape index (κ3) is 14.3. The molecule has 5 aliphatic heterocycles. The van der Waals surface area contributed by atoms with Gasteiger partial charge in [-0.15, -0.1) is 11.3 Å². The molecule has 1 saturated carbocycles. The predicted octanol–water partition coefficient (Wildman–Crippen LogP) is 6.60. The summed E-state index contributed by atoms with van der Waals surface area (Å²) in [6, 6.07) is 10.9. The Morgan fingerprint density at radius 1 is 0.892 bits per heavy atom. The number of anilines is 3. The standard InChI is InChI=1S/C62H87F2N13O5S/c1-39(41-9-11-42(12-10-41)56-40(2)68-38-83-56)69-58(81)51-28-47(78)34-77(51)59(82)57(60(3,4)5)70-54(79)13-19-74-31-43-25-46(26-44(43)32-74)72(8)24-18-65-52-30-53(67-37-66-52)75-22-16-62(17-23-75)36-76(35-55(80)71-62)50-29-48(63)45(27-49(50)64)33-73-20-14-61(6,7)15-21-73/h9-12,27,29-30,37-39,43-44,46-47,51,57,78H,13-26,28,31-36H2,1-8H3,(H,69,81)(H,70,79)(H,71,80)(H,65,66,67)/t39-,43-,44+,46?,47+,51-,57+/m0/s1. The number of benzene rings is 2. The number of likely N-dealkylation sites (N-methyl/N-ethyl adjacent to an activating group) is 1. The number of likely N-dealkylation sites (tertiary alicyclic amines) is 3. The summed E-state index contributed by atoms with van der Waals surface area (Å²) in [5.41, 5.74) is 4.29. The summed E-state index contributed by atoms with van der Waals surface area (Å²) >= 11 is 1.58. The van der Waals surface area contributed by atoms with Gasteiger partial charge in [0.1, 0.15) is 41.7 Å². The predicted molar refractivity (Wildman–Crippen MR) is 320 cm³/mol. The Kier molecular flexibility index (Phi) is 18.1. The first kappa shape index (κ1) is 60.3. The van der Waals surface area contributed by atoms with Crippen molar-refractivity contribution in [3.8, 4) is 10.4 Å². The molecule has 0 radical (unpaired) electrons. The van der Waals surface area contributed by atoms with Gasteiger partial charge in [-0.05, 0) is 112 Å². The molecule has 4 aromatic rings. The smallest absolute Gasteiger partial charge is 0.246 e. The van der Waals surface area contributed by atoms with E-state index >= 15 is 8.78 Å². The third-order valence-corrected chi connectivity index (χ3v) is 19.9. The third-order valence-electron chi connectivity index (χ3n) is 18.9. The van der Waals surface area contributed by atoms with E-state index in [9.17, 15) is 24.3 Å². The van der Waals surface area contributed by atoms with Gasteiger partial charge in [-0.3, -0.25) is 24.1 Å². The fourth-order valence-corrected chi connectivity index (χ4v) is 14.5. The monoisotopic (exact) mass is 1160 g/mol. The molecule has 2 aromatic carbocycles. The number of nitrogens with zero attached hydrogens (tertiary/aromatic N) is 9. The fourth-order valence-electron chi connectivity index (χ4n) is 13.7. The number of aromatic nitrogens is 3. The number of rotatable bonds is 18. The van der Waals surface area contributed by atoms with Crippen LogP contribution in [0.2, 0.25) is 0 Å². The van der Waals surface area contributed by atoms with Crippen molar-refractivity contribution >= 4 is 52.3 Å². The van der Waals surface area contributed by atoms with Gasteiger partial charge < -0.3 is 50.9 Å². The van der Waals surface area contributed by atoms with Crippen LogP contribution in [0.25, 0.3) is 10.4 Å². The molecule has 1 unspecified atom stereocenters. The molecule has 10 rings (SSSR count). The molecule has 83 heavy (non-hydrogen) atoms. The topological polar surface area (TPSA) is 195 Å². The number of carbonyl (C=O) groups excluding carboxylic acids is 4. The van der Waals surface area contributed by atoms with Gasteiger partial charge in [0, 0.05) is 102 Å². The van der Waals surface area contributed by atoms with Gasteiger partial charge in [-0.25, -0.2) is 23.7 Å². The van der Waals surface area contributed by atoms with Crippen molar-refractivity contribution in [2.24, 2.45) is 22.7 Å². The number of halogens is 2. The minimum Gasteiger partial charge on any atom is -0.391 e. The van der Waals surface area contributed by atoms with Gasteiger partial charge in [0.15, 0.2) is 0 Å². The summed E-state index contributed by atoms with van der Waals surface area (Å²) in [4.78, 5) is 81.9. The van der Waals surface area contributed by atoms with E-state index in [-0.39, 0.29) is 66.7 Å². The largest absolute Gasteiger partial charge is 0.391 e. The van der Waals surface area contributed by atoms with Crippen LogP contribution in [0.5, 0.6) is 0 Å². The van der Waals surface area contributed by atoms with Crippen molar-refractivity contribution in [3.05, 3.63) is 82.8 Å². The van der Waals surface area contributed by atoms with Gasteiger partial charge in [0.2, 0.25) is 23.6 Å². The fraction of sp³-hybridized carbons (Fsp3) is 0.629. The Bertz CT molecular complexity index is 2940. The zero-order valence-corrected chi connectivity index (χ0v) is 50.7. The van der Waals surface area contributed by atoms with Crippen molar-refractivity contribution in [2.75, 3.05) is 101 Å². The molecule has 6 fully saturated rings. The van der Waals surface area contributed by atoms with Crippen molar-refractivity contribution in [3.63, 3.8) is 0 Å². The van der Waals surface area contributed by atoms with Crippen LogP contribution in [0.3, 0.4) is 0 Å². The molecule has 2 aromatic heterocycles. The molecule has 7 atom stereocenters. The van der Waals surface area contributed by atoms with Crippen LogP contribution in [0.15, 0.2) is 54.3 Å². The first-order valence-electron chi connectivity index (χ1n) is 30.1. The number of hydrogen-bond donors (Lipinski definition) is 5. The van der Waals surface area contributed by atoms with Crippen molar-refractivity contribution in [2.45, 2.75) is 142 Å². The Balaban J connectivity index is 0.640. The van der Waals surface area contributed by atoms with Crippen molar-refractivity contribution < 1.29 is 33.1 Å². The van der Waals surface area contributed by atoms with Crippen LogP contribution < -0.4 is 31.1 Å². The van der Waals surface area contributed by atoms with Gasteiger partial charge in [-0.2, -0.15) is 0 Å². The van der Waals surface area contributed by atoms with Gasteiger partial charge in [0.25, 0.3) is 0 Å². The van der Waals surface area contributed by atoms with E-state index in [1.807, 2.05) is 70.5 Å². The van der Waals surface area contributed by atoms with E-state index in [2.05, 4.69) is 76.7 Å². The second kappa shape index (κ2) is 25.0. The van der Waals surface area contributed by atoms with Gasteiger partial charge in [-0.1, -0.05) is 58.9 Å². The molecule has 5 saturated heterocycles. The van der Waals surface area contributed by atoms with Gasteiger partial charge >= 0.3 is 0 Å². The quantitative estimate of drug-likeness (QED) is 0.0716. The second-order valence-electron chi connectivity index (χ2n) is 26.7. The highest BCUT2D eigenvalue weighted by Gasteiger charge is 2.47. The van der Waals surface area contributed by atoms with E-state index in [0.29, 0.717) is 75.6 Å². The minimum absolute atomic E-state index is 0.0154. The lowest BCUT2D eigenvalue weighted by Gasteiger charge is -2.48. The summed E-state index contributed by atoms with van der Waals surface area (Å²) in [6.07, 6.45) is 6.55. The Hall–Kier alpha value is -5.87. The summed E-state index contributed by atoms with van der Waals surface area (Å²) in [5, 5.41) is 23.6. The Morgan fingerprint density at radius 3 is 2.28 bits per heavy atom. The number of amides is 4. The molecule has 21 heteroatoms. The van der Waals surface area contributed by atoms with E-state index < -0.39 is 40.8 Å². The number of nitrogens with one attached hydrogen (secondary N) is 4. The highest BCUT2D eigenvalue weighted by atomic mass is 32.1. The zero-order chi connectivity index (χ0) is 59.0. The maximum atomic E-state index is 15.8. The Morgan fingerprint density at radius 2 is 1.60 bits per heavy atom. The molecule has 4 amide bonds. The zero-order valence-electron chi connectivity index (χ0n) is 49.9. The highest BCUT2D eigenvalue weighted by molar-refractivity contribution is 7.13. The van der Waals surface area contributed by atoms with Crippen LogP contribution >= 0.6 is 11.3 Å². The lowest BCUT2D eigenvalue weighted by atomic mass is 9.82. The summed E-state index contributed by atoms with van der Waals surface area (Å²) in [7, 11) is 2.18. The summed E-state index contributed by atoms with van der Waals surface area (Å²) in [6.45, 7) is 21.8. The van der Waals surface area contributed by atoms with Gasteiger partial charge in [0.05, 0.1) is 46.0 Å². The number of fused-ring (bicyclic) bond motifs is 1. The minimum atomic E-state index is -0.887. The second-order valence-corrected chi connectivity index (χ2v) is 27.6. The van der Waals surface area contributed by atoms with E-state index in [1.165, 1.54) is 17.0 Å². The molecule has 5 N–H and O–H groups in total. The molecule has 0 bridgehead atoms. The number of piperidine rings is 2. The summed E-state index contributed by atoms with van der Waals surface area (Å²) in [5.74, 6) is 0.554. The molecular formula is C62H87F2N13O5S. The van der Waals surface area contributed by atoms with Crippen molar-refractivity contribution in [1.82, 2.24) is 50.5 Å². The molecular weight excluding hydrogens is 1080 g/mol. The SMILES string of the molecule is Cc1ncsc1-c1ccc([C@H](C)NC(=O)[C@@H]2C[C@@H](O)CN2C(=O)[C@@H](NC(=O)CCN2C[C@H]3CC(N(C)CCNc4cc(N5CCC6(CC5)CN(c5cc(F)c(CN7CCC(C)(C)CC7)cc5F)CC(=O)N6)ncn4)C[C@H]3C2)C(C)(C)C)cc1. The lowest BCUT2D eigenvalue weighted by Crippen LogP contribution is -2.66. The van der Waals surface area contributed by atoms with Crippen LogP contribution in [-0.4, -0.2) is 179 Å². The van der Waals surface area contributed by atoms with E-state index in [1.54, 1.807) is 22.6 Å². The molecule has 450 valence electrons. The normalized spacial score (nSPS) is 24.5. The van der Waals surface area contributed by atoms with Crippen LogP contribution in [0, 0.1) is 41.2 Å². The maximum Gasteiger partial charge on any atom is 0.246 e. The number of thiazole rings is 1. The summed E-state index contributed by atoms with van der Waals surface area (Å²) < 4.78 is 31.4. The van der Waals surface area contributed by atoms with Crippen molar-refractivity contribution in [1.29, 1.82) is 0 Å². The molecule has 18 nitrogen and oxygen atoms in total. The number of carbonyl (C=O) groups is 4. The average molecular weight is 1160 g/mol. The Labute approximate surface area is 492 Å². The van der Waals surface area contributed by atoms with E-state index in [4.69, 9.17) is 0 Å². The van der Waals surface area contributed by atoms with Crippen LogP contribution in [-0.2, 0) is 25.7 Å². The first-order valence-corrected chi connectivity index (χ1v) is 30.9. The average Bonchev–Trinajstić information content (AvgIpc) is 4.34. The highest BCUT2D eigenvalue weighted by Crippen LogP contribution is 2.41. The van der Waals surface area contributed by atoms with Crippen LogP contribution in [0.4, 0.5) is 26.1 Å². The first-order chi connectivity index (χ1) is 39.5. The lowest BCUT2D eigenvalue weighted by molar-refractivity contribution is -0.144. The maximum absolute atomic E-state index is 15.8. The number of aliphatic hydroxyl groups is 1.